The van der Waals surface area contributed by atoms with E-state index >= 15 is 0 Å². The number of rotatable bonds is 10. The highest BCUT2D eigenvalue weighted by Crippen LogP contribution is 2.12. The lowest BCUT2D eigenvalue weighted by molar-refractivity contribution is -0.153. The van der Waals surface area contributed by atoms with Gasteiger partial charge in [-0.25, -0.2) is 4.79 Å². The minimum atomic E-state index is -4.17. The molecule has 0 aromatic carbocycles. The number of hydrogen-bond acceptors (Lipinski definition) is 6. The van der Waals surface area contributed by atoms with E-state index < -0.39 is 40.3 Å². The normalized spacial score (nSPS) is 12.5. The van der Waals surface area contributed by atoms with Gasteiger partial charge < -0.3 is 9.47 Å². The molecule has 0 radical (unpaired) electrons. The van der Waals surface area contributed by atoms with Gasteiger partial charge in [-0.15, -0.1) is 0 Å². The molecule has 0 amide bonds. The van der Waals surface area contributed by atoms with Gasteiger partial charge in [0.25, 0.3) is 10.1 Å². The van der Waals surface area contributed by atoms with E-state index in [4.69, 9.17) is 14.0 Å². The molecule has 22 heavy (non-hydrogen) atoms. The van der Waals surface area contributed by atoms with Crippen LogP contribution in [-0.4, -0.2) is 66.9 Å². The zero-order valence-corrected chi connectivity index (χ0v) is 13.1. The second-order valence-electron chi connectivity index (χ2n) is 4.42. The van der Waals surface area contributed by atoms with Crippen LogP contribution in [0, 0.1) is 5.92 Å². The summed E-state index contributed by atoms with van der Waals surface area (Å²) in [5, 5.41) is 0. The van der Waals surface area contributed by atoms with Crippen molar-refractivity contribution in [3.05, 3.63) is 12.2 Å². The van der Waals surface area contributed by atoms with Crippen molar-refractivity contribution in [2.24, 2.45) is 5.92 Å². The van der Waals surface area contributed by atoms with Crippen LogP contribution >= 0.6 is 0 Å². The van der Waals surface area contributed by atoms with Gasteiger partial charge in [-0.05, 0) is 13.3 Å². The topological polar surface area (TPSA) is 107 Å². The fourth-order valence-electron chi connectivity index (χ4n) is 1.45. The quantitative estimate of drug-likeness (QED) is 0.264. The van der Waals surface area contributed by atoms with Crippen LogP contribution in [0.25, 0.3) is 0 Å². The third-order valence-electron chi connectivity index (χ3n) is 2.55. The van der Waals surface area contributed by atoms with Gasteiger partial charge in [0.15, 0.2) is 0 Å². The predicted molar refractivity (Wildman–Crippen MR) is 84.7 cm³/mol. The third kappa shape index (κ3) is 13.0. The maximum atomic E-state index is 11.8. The molecule has 0 saturated heterocycles. The van der Waals surface area contributed by atoms with Crippen LogP contribution in [0.15, 0.2) is 12.2 Å². The van der Waals surface area contributed by atoms with E-state index in [2.05, 4.69) is 0 Å². The smallest absolute Gasteiger partial charge is 0.330 e. The molecule has 0 saturated carbocycles. The molecule has 0 aromatic rings. The molecule has 0 aliphatic rings. The summed E-state index contributed by atoms with van der Waals surface area (Å²) < 4.78 is 39.3. The minimum absolute atomic E-state index is 0. The van der Waals surface area contributed by atoms with Gasteiger partial charge in [0, 0.05) is 6.08 Å². The average Bonchev–Trinajstić information content (AvgIpc) is 2.37. The summed E-state index contributed by atoms with van der Waals surface area (Å²) in [6.07, 6.45) is 4.84. The van der Waals surface area contributed by atoms with Gasteiger partial charge in [-0.1, -0.05) is 25.8 Å². The lowest BCUT2D eigenvalue weighted by Gasteiger charge is -2.15. The molecule has 7 nitrogen and oxygen atoms in total. The SMILES string of the molecule is CC=CC(=O)OCC(CCCC)C(=O)OCCS(=O)(=O)O.[MgH2]. The van der Waals surface area contributed by atoms with Crippen molar-refractivity contribution in [1.29, 1.82) is 0 Å². The monoisotopic (exact) mass is 348 g/mol. The third-order valence-corrected chi connectivity index (χ3v) is 3.24. The first-order valence-corrected chi connectivity index (χ1v) is 8.32. The molecule has 0 aromatic heterocycles. The number of allylic oxidation sites excluding steroid dienone is 1. The van der Waals surface area contributed by atoms with Gasteiger partial charge in [-0.2, -0.15) is 8.42 Å². The fourth-order valence-corrected chi connectivity index (χ4v) is 1.75. The number of hydrogen-bond donors (Lipinski definition) is 1. The van der Waals surface area contributed by atoms with Crippen molar-refractivity contribution in [3.8, 4) is 0 Å². The number of carbonyl (C=O) groups is 2. The second kappa shape index (κ2) is 12.9. The molecule has 9 heteroatoms. The highest BCUT2D eigenvalue weighted by atomic mass is 32.2. The van der Waals surface area contributed by atoms with Crippen molar-refractivity contribution in [2.45, 2.75) is 33.1 Å². The van der Waals surface area contributed by atoms with Crippen molar-refractivity contribution in [2.75, 3.05) is 19.0 Å². The number of esters is 2. The lowest BCUT2D eigenvalue weighted by Crippen LogP contribution is -2.26. The summed E-state index contributed by atoms with van der Waals surface area (Å²) in [6.45, 7) is 3.07. The number of ether oxygens (including phenoxy) is 2. The van der Waals surface area contributed by atoms with E-state index in [-0.39, 0.29) is 29.7 Å². The zero-order valence-electron chi connectivity index (χ0n) is 12.3. The minimum Gasteiger partial charge on any atom is -0.464 e. The standard InChI is InChI=1S/C13H22O7S.Mg.2H/c1-3-5-7-11(10-20-12(14)6-4-2)13(15)19-8-9-21(16,17)18;;;/h4,6,11H,3,5,7-10H2,1-2H3,(H,16,17,18);;;. The predicted octanol–water partition coefficient (Wildman–Crippen LogP) is 0.427. The van der Waals surface area contributed by atoms with Crippen LogP contribution in [0.3, 0.4) is 0 Å². The van der Waals surface area contributed by atoms with Crippen molar-refractivity contribution < 1.29 is 32.0 Å². The van der Waals surface area contributed by atoms with Crippen molar-refractivity contribution in [3.63, 3.8) is 0 Å². The van der Waals surface area contributed by atoms with Crippen LogP contribution in [0.5, 0.6) is 0 Å². The highest BCUT2D eigenvalue weighted by molar-refractivity contribution is 7.85. The number of carbonyl (C=O) groups excluding carboxylic acids is 2. The Morgan fingerprint density at radius 3 is 2.41 bits per heavy atom. The molecule has 0 bridgehead atoms. The molecular weight excluding hydrogens is 325 g/mol. The fraction of sp³-hybridized carbons (Fsp3) is 0.692. The molecule has 0 heterocycles. The molecule has 1 unspecified atom stereocenters. The molecule has 0 aliphatic heterocycles. The van der Waals surface area contributed by atoms with Crippen LogP contribution in [0.2, 0.25) is 0 Å². The summed E-state index contributed by atoms with van der Waals surface area (Å²) >= 11 is 0. The molecule has 0 fully saturated rings. The summed E-state index contributed by atoms with van der Waals surface area (Å²) in [5.41, 5.74) is 0. The maximum absolute atomic E-state index is 11.8. The first kappa shape index (κ1) is 23.6. The van der Waals surface area contributed by atoms with Crippen LogP contribution in [-0.2, 0) is 29.2 Å². The molecule has 126 valence electrons. The molecule has 0 aliphatic carbocycles. The second-order valence-corrected chi connectivity index (χ2v) is 5.99. The average molecular weight is 349 g/mol. The molecular formula is C13H24MgO7S. The molecule has 1 N–H and O–H groups in total. The maximum Gasteiger partial charge on any atom is 0.330 e. The van der Waals surface area contributed by atoms with E-state index in [1.165, 1.54) is 12.2 Å². The Hall–Kier alpha value is -0.644. The van der Waals surface area contributed by atoms with Gasteiger partial charge >= 0.3 is 35.0 Å². The summed E-state index contributed by atoms with van der Waals surface area (Å²) in [4.78, 5) is 23.0. The van der Waals surface area contributed by atoms with E-state index in [0.29, 0.717) is 6.42 Å². The van der Waals surface area contributed by atoms with Gasteiger partial charge in [-0.3, -0.25) is 9.35 Å². The van der Waals surface area contributed by atoms with Crippen molar-refractivity contribution in [1.82, 2.24) is 0 Å². The largest absolute Gasteiger partial charge is 0.464 e. The summed E-state index contributed by atoms with van der Waals surface area (Å²) in [7, 11) is -4.17. The van der Waals surface area contributed by atoms with Gasteiger partial charge in [0.05, 0.1) is 5.92 Å². The Morgan fingerprint density at radius 2 is 1.91 bits per heavy atom. The molecule has 0 rings (SSSR count). The van der Waals surface area contributed by atoms with Gasteiger partial charge in [0.2, 0.25) is 0 Å². The van der Waals surface area contributed by atoms with E-state index in [1.807, 2.05) is 6.92 Å². The van der Waals surface area contributed by atoms with Crippen LogP contribution < -0.4 is 0 Å². The molecule has 0 spiro atoms. The van der Waals surface area contributed by atoms with Crippen LogP contribution in [0.4, 0.5) is 0 Å². The van der Waals surface area contributed by atoms with E-state index in [9.17, 15) is 18.0 Å². The Morgan fingerprint density at radius 1 is 1.27 bits per heavy atom. The zero-order chi connectivity index (χ0) is 16.3. The Bertz CT molecular complexity index is 459. The highest BCUT2D eigenvalue weighted by Gasteiger charge is 2.21. The molecule has 1 atom stereocenters. The summed E-state index contributed by atoms with van der Waals surface area (Å²) in [6, 6.07) is 0. The van der Waals surface area contributed by atoms with E-state index in [0.717, 1.165) is 12.8 Å². The van der Waals surface area contributed by atoms with Crippen LogP contribution in [0.1, 0.15) is 33.1 Å². The Kier molecular flexibility index (Phi) is 13.8. The Balaban J connectivity index is 0. The lowest BCUT2D eigenvalue weighted by atomic mass is 10.0. The van der Waals surface area contributed by atoms with E-state index in [1.54, 1.807) is 6.92 Å². The van der Waals surface area contributed by atoms with Crippen molar-refractivity contribution >= 4 is 45.1 Å². The summed E-state index contributed by atoms with van der Waals surface area (Å²) in [5.74, 6) is -2.48. The van der Waals surface area contributed by atoms with Gasteiger partial charge in [0.1, 0.15) is 19.0 Å². The first-order chi connectivity index (χ1) is 9.80. The number of unbranched alkanes of at least 4 members (excludes halogenated alkanes) is 1. The Labute approximate surface area is 147 Å². The first-order valence-electron chi connectivity index (χ1n) is 6.71.